The second-order valence-corrected chi connectivity index (χ2v) is 9.20. The van der Waals surface area contributed by atoms with E-state index in [1.807, 2.05) is 6.92 Å². The fraction of sp³-hybridized carbons (Fsp3) is 0.643. The zero-order valence-corrected chi connectivity index (χ0v) is 14.2. The Labute approximate surface area is 133 Å². The average molecular weight is 345 g/mol. The van der Waals surface area contributed by atoms with E-state index < -0.39 is 16.0 Å². The number of sulfonamides is 1. The fourth-order valence-electron chi connectivity index (χ4n) is 3.01. The predicted molar refractivity (Wildman–Crippen MR) is 81.9 cm³/mol. The highest BCUT2D eigenvalue weighted by Crippen LogP contribution is 2.41. The maximum atomic E-state index is 13.0. The van der Waals surface area contributed by atoms with E-state index in [9.17, 15) is 13.2 Å². The third kappa shape index (κ3) is 2.47. The summed E-state index contributed by atoms with van der Waals surface area (Å²) in [4.78, 5) is 11.7. The van der Waals surface area contributed by atoms with Crippen LogP contribution in [0.25, 0.3) is 0 Å². The van der Waals surface area contributed by atoms with Gasteiger partial charge < -0.3 is 9.84 Å². The van der Waals surface area contributed by atoms with Gasteiger partial charge in [0, 0.05) is 17.5 Å². The molecule has 1 atom stereocenters. The van der Waals surface area contributed by atoms with Crippen LogP contribution >= 0.6 is 11.3 Å². The molecule has 1 N–H and O–H groups in total. The van der Waals surface area contributed by atoms with Crippen LogP contribution in [0.1, 0.15) is 40.7 Å². The number of ether oxygens (including phenoxy) is 1. The molecule has 122 valence electrons. The standard InChI is InChI=1S/C14H19NO5S2/c1-9-7-20-14(4-3-5-14)8-15(9)22(18,19)12-6-11(13(16)17)21-10(12)2/h6,9H,3-5,7-8H2,1-2H3,(H,16,17). The van der Waals surface area contributed by atoms with Crippen molar-refractivity contribution in [3.8, 4) is 0 Å². The molecule has 0 aromatic carbocycles. The fourth-order valence-corrected chi connectivity index (χ4v) is 6.11. The molecule has 8 heteroatoms. The number of thiophene rings is 1. The summed E-state index contributed by atoms with van der Waals surface area (Å²) in [7, 11) is -3.70. The molecule has 2 fully saturated rings. The topological polar surface area (TPSA) is 83.9 Å². The number of morpholine rings is 1. The predicted octanol–water partition coefficient (Wildman–Crippen LogP) is 2.09. The van der Waals surface area contributed by atoms with Gasteiger partial charge in [0.15, 0.2) is 0 Å². The van der Waals surface area contributed by atoms with E-state index in [0.29, 0.717) is 18.0 Å². The summed E-state index contributed by atoms with van der Waals surface area (Å²) in [5.41, 5.74) is -0.334. The van der Waals surface area contributed by atoms with Gasteiger partial charge in [0.25, 0.3) is 0 Å². The lowest BCUT2D eigenvalue weighted by Crippen LogP contribution is -2.60. The van der Waals surface area contributed by atoms with Crippen molar-refractivity contribution >= 4 is 27.3 Å². The smallest absolute Gasteiger partial charge is 0.345 e. The van der Waals surface area contributed by atoms with Gasteiger partial charge in [-0.15, -0.1) is 11.3 Å². The molecule has 1 aliphatic carbocycles. The number of hydrogen-bond acceptors (Lipinski definition) is 5. The Kier molecular flexibility index (Phi) is 3.83. The van der Waals surface area contributed by atoms with Crippen LogP contribution in [0.4, 0.5) is 0 Å². The first kappa shape index (κ1) is 15.9. The average Bonchev–Trinajstić information content (AvgIpc) is 2.80. The third-order valence-electron chi connectivity index (χ3n) is 4.50. The van der Waals surface area contributed by atoms with Crippen LogP contribution in [0.5, 0.6) is 0 Å². The minimum absolute atomic E-state index is 0.0512. The van der Waals surface area contributed by atoms with E-state index >= 15 is 0 Å². The van der Waals surface area contributed by atoms with Crippen LogP contribution in [0.2, 0.25) is 0 Å². The Bertz CT molecular complexity index is 705. The number of aryl methyl sites for hydroxylation is 1. The van der Waals surface area contributed by atoms with E-state index in [1.165, 1.54) is 10.4 Å². The van der Waals surface area contributed by atoms with Gasteiger partial charge >= 0.3 is 5.97 Å². The Hall–Kier alpha value is -0.960. The molecule has 1 saturated carbocycles. The van der Waals surface area contributed by atoms with E-state index in [2.05, 4.69) is 0 Å². The molecule has 1 spiro atoms. The van der Waals surface area contributed by atoms with Gasteiger partial charge in [-0.2, -0.15) is 4.31 Å². The van der Waals surface area contributed by atoms with Crippen LogP contribution in [0, 0.1) is 6.92 Å². The van der Waals surface area contributed by atoms with Gasteiger partial charge in [-0.25, -0.2) is 13.2 Å². The summed E-state index contributed by atoms with van der Waals surface area (Å²) in [5, 5.41) is 9.06. The molecule has 6 nitrogen and oxygen atoms in total. The van der Waals surface area contributed by atoms with Gasteiger partial charge in [-0.05, 0) is 39.2 Å². The number of nitrogens with zero attached hydrogens (tertiary/aromatic N) is 1. The number of hydrogen-bond donors (Lipinski definition) is 1. The van der Waals surface area contributed by atoms with Crippen molar-refractivity contribution in [3.63, 3.8) is 0 Å². The van der Waals surface area contributed by atoms with Crippen molar-refractivity contribution in [2.45, 2.75) is 49.6 Å². The lowest BCUT2D eigenvalue weighted by atomic mass is 9.79. The van der Waals surface area contributed by atoms with Gasteiger partial charge in [0.1, 0.15) is 4.88 Å². The maximum absolute atomic E-state index is 13.0. The lowest BCUT2D eigenvalue weighted by molar-refractivity contribution is -0.150. The minimum atomic E-state index is -3.70. The summed E-state index contributed by atoms with van der Waals surface area (Å²) >= 11 is 0.998. The van der Waals surface area contributed by atoms with Crippen molar-refractivity contribution in [1.29, 1.82) is 0 Å². The molecular weight excluding hydrogens is 326 g/mol. The first-order chi connectivity index (χ1) is 10.3. The van der Waals surface area contributed by atoms with Gasteiger partial charge in [0.05, 0.1) is 17.1 Å². The molecule has 3 rings (SSSR count). The molecular formula is C14H19NO5S2. The molecule has 1 saturated heterocycles. The summed E-state index contributed by atoms with van der Waals surface area (Å²) in [6.07, 6.45) is 2.83. The molecule has 22 heavy (non-hydrogen) atoms. The normalized spacial score (nSPS) is 25.1. The van der Waals surface area contributed by atoms with Crippen LogP contribution in [0.3, 0.4) is 0 Å². The molecule has 1 unspecified atom stereocenters. The van der Waals surface area contributed by atoms with Crippen LogP contribution in [-0.4, -0.2) is 48.6 Å². The Morgan fingerprint density at radius 1 is 1.50 bits per heavy atom. The van der Waals surface area contributed by atoms with Crippen molar-refractivity contribution in [2.24, 2.45) is 0 Å². The summed E-state index contributed by atoms with van der Waals surface area (Å²) < 4.78 is 33.3. The van der Waals surface area contributed by atoms with Gasteiger partial charge in [-0.1, -0.05) is 0 Å². The monoisotopic (exact) mass is 345 g/mol. The number of carboxylic acid groups (broad SMARTS) is 1. The van der Waals surface area contributed by atoms with Gasteiger partial charge in [0.2, 0.25) is 10.0 Å². The molecule has 0 bridgehead atoms. The Morgan fingerprint density at radius 2 is 2.18 bits per heavy atom. The highest BCUT2D eigenvalue weighted by molar-refractivity contribution is 7.89. The quantitative estimate of drug-likeness (QED) is 0.907. The summed E-state index contributed by atoms with van der Waals surface area (Å²) in [6.45, 7) is 4.21. The van der Waals surface area contributed by atoms with Gasteiger partial charge in [-0.3, -0.25) is 0 Å². The number of carbonyl (C=O) groups is 1. The Balaban J connectivity index is 1.96. The first-order valence-corrected chi connectivity index (χ1v) is 9.50. The van der Waals surface area contributed by atoms with E-state index in [4.69, 9.17) is 9.84 Å². The van der Waals surface area contributed by atoms with E-state index in [1.54, 1.807) is 6.92 Å². The summed E-state index contributed by atoms with van der Waals surface area (Å²) in [5.74, 6) is -1.10. The largest absolute Gasteiger partial charge is 0.477 e. The molecule has 1 aromatic heterocycles. The first-order valence-electron chi connectivity index (χ1n) is 7.25. The van der Waals surface area contributed by atoms with Crippen LogP contribution in [0.15, 0.2) is 11.0 Å². The van der Waals surface area contributed by atoms with Crippen LogP contribution < -0.4 is 0 Å². The molecule has 0 radical (unpaired) electrons. The molecule has 2 aliphatic rings. The number of rotatable bonds is 3. The second-order valence-electron chi connectivity index (χ2n) is 6.08. The van der Waals surface area contributed by atoms with Crippen LogP contribution in [-0.2, 0) is 14.8 Å². The Morgan fingerprint density at radius 3 is 2.68 bits per heavy atom. The number of carboxylic acids is 1. The molecule has 1 aromatic rings. The van der Waals surface area contributed by atoms with Crippen molar-refractivity contribution < 1.29 is 23.1 Å². The highest BCUT2D eigenvalue weighted by Gasteiger charge is 2.48. The molecule has 2 heterocycles. The SMILES string of the molecule is Cc1sc(C(=O)O)cc1S(=O)(=O)N1CC2(CCC2)OCC1C. The lowest BCUT2D eigenvalue weighted by Gasteiger charge is -2.50. The van der Waals surface area contributed by atoms with Crippen molar-refractivity contribution in [1.82, 2.24) is 4.31 Å². The summed E-state index contributed by atoms with van der Waals surface area (Å²) in [6, 6.07) is 1.02. The zero-order chi connectivity index (χ0) is 16.1. The van der Waals surface area contributed by atoms with Crippen molar-refractivity contribution in [3.05, 3.63) is 15.8 Å². The van der Waals surface area contributed by atoms with E-state index in [0.717, 1.165) is 30.6 Å². The number of aromatic carboxylic acids is 1. The molecule has 1 aliphatic heterocycles. The maximum Gasteiger partial charge on any atom is 0.345 e. The molecule has 0 amide bonds. The second kappa shape index (κ2) is 5.30. The third-order valence-corrected chi connectivity index (χ3v) is 7.75. The zero-order valence-electron chi connectivity index (χ0n) is 12.5. The minimum Gasteiger partial charge on any atom is -0.477 e. The van der Waals surface area contributed by atoms with E-state index in [-0.39, 0.29) is 21.4 Å². The van der Waals surface area contributed by atoms with Crippen molar-refractivity contribution in [2.75, 3.05) is 13.2 Å². The highest BCUT2D eigenvalue weighted by atomic mass is 32.2.